The number of nitrogens with one attached hydrogen (secondary N) is 2. The lowest BCUT2D eigenvalue weighted by Crippen LogP contribution is -2.42. The molecule has 1 unspecified atom stereocenters. The number of hydrogen-bond donors (Lipinski definition) is 3. The number of aliphatic carboxylic acids is 1. The number of rotatable bonds is 6. The minimum absolute atomic E-state index is 0.136. The number of carboxylic acid groups (broad SMARTS) is 1. The van der Waals surface area contributed by atoms with Gasteiger partial charge in [-0.1, -0.05) is 0 Å². The monoisotopic (exact) mass is 246 g/mol. The average Bonchev–Trinajstić information content (AvgIpc) is 2.69. The highest BCUT2D eigenvalue weighted by Gasteiger charge is 2.16. The van der Waals surface area contributed by atoms with E-state index >= 15 is 0 Å². The number of carbonyl (C=O) groups excluding carboxylic acids is 1. The van der Waals surface area contributed by atoms with Crippen molar-refractivity contribution in [1.29, 1.82) is 0 Å². The van der Waals surface area contributed by atoms with Gasteiger partial charge < -0.3 is 15.7 Å². The van der Waals surface area contributed by atoms with E-state index in [-0.39, 0.29) is 12.5 Å². The van der Waals surface area contributed by atoms with Crippen LogP contribution in [0.25, 0.3) is 0 Å². The fourth-order valence-corrected chi connectivity index (χ4v) is 2.64. The maximum absolute atomic E-state index is 11.3. The van der Waals surface area contributed by atoms with Crippen molar-refractivity contribution in [2.45, 2.75) is 31.7 Å². The van der Waals surface area contributed by atoms with Crippen molar-refractivity contribution in [3.05, 3.63) is 0 Å². The van der Waals surface area contributed by atoms with Crippen LogP contribution in [0.5, 0.6) is 0 Å². The SMILES string of the molecule is O=C(O)CCCCNC(=O)NC1CCSC1. The lowest BCUT2D eigenvalue weighted by Gasteiger charge is -2.12. The summed E-state index contributed by atoms with van der Waals surface area (Å²) in [5, 5.41) is 14.0. The molecule has 1 atom stereocenters. The highest BCUT2D eigenvalue weighted by Crippen LogP contribution is 2.16. The van der Waals surface area contributed by atoms with Gasteiger partial charge in [0, 0.05) is 24.8 Å². The van der Waals surface area contributed by atoms with Crippen LogP contribution in [0.3, 0.4) is 0 Å². The number of thioether (sulfide) groups is 1. The number of unbranched alkanes of at least 4 members (excludes halogenated alkanes) is 1. The van der Waals surface area contributed by atoms with E-state index in [2.05, 4.69) is 10.6 Å². The zero-order valence-corrected chi connectivity index (χ0v) is 10.0. The molecule has 0 saturated carbocycles. The minimum atomic E-state index is -0.785. The van der Waals surface area contributed by atoms with Crippen LogP contribution < -0.4 is 10.6 Å². The summed E-state index contributed by atoms with van der Waals surface area (Å²) in [5.74, 6) is 1.32. The zero-order chi connectivity index (χ0) is 11.8. The first-order valence-corrected chi connectivity index (χ1v) is 6.68. The summed E-state index contributed by atoms with van der Waals surface area (Å²) < 4.78 is 0. The quantitative estimate of drug-likeness (QED) is 0.612. The van der Waals surface area contributed by atoms with Gasteiger partial charge in [0.15, 0.2) is 0 Å². The van der Waals surface area contributed by atoms with Gasteiger partial charge in [0.1, 0.15) is 0 Å². The lowest BCUT2D eigenvalue weighted by atomic mass is 10.2. The first-order valence-electron chi connectivity index (χ1n) is 5.52. The summed E-state index contributed by atoms with van der Waals surface area (Å²) in [6.07, 6.45) is 2.52. The summed E-state index contributed by atoms with van der Waals surface area (Å²) in [5.41, 5.74) is 0. The van der Waals surface area contributed by atoms with Gasteiger partial charge >= 0.3 is 12.0 Å². The standard InChI is InChI=1S/C10H18N2O3S/c13-9(14)3-1-2-5-11-10(15)12-8-4-6-16-7-8/h8H,1-7H2,(H,13,14)(H2,11,12,15). The third kappa shape index (κ3) is 5.85. The number of carboxylic acids is 1. The third-order valence-electron chi connectivity index (χ3n) is 2.37. The van der Waals surface area contributed by atoms with E-state index in [0.717, 1.165) is 17.9 Å². The predicted molar refractivity (Wildman–Crippen MR) is 63.8 cm³/mol. The molecular weight excluding hydrogens is 228 g/mol. The number of carbonyl (C=O) groups is 2. The van der Waals surface area contributed by atoms with Crippen LogP contribution >= 0.6 is 11.8 Å². The Morgan fingerprint density at radius 3 is 2.81 bits per heavy atom. The van der Waals surface area contributed by atoms with Gasteiger partial charge in [-0.2, -0.15) is 11.8 Å². The second-order valence-corrected chi connectivity index (χ2v) is 4.96. The predicted octanol–water partition coefficient (Wildman–Crippen LogP) is 1.05. The smallest absolute Gasteiger partial charge is 0.315 e. The van der Waals surface area contributed by atoms with Gasteiger partial charge in [-0.3, -0.25) is 4.79 Å². The van der Waals surface area contributed by atoms with Crippen LogP contribution in [0.15, 0.2) is 0 Å². The molecule has 1 fully saturated rings. The molecule has 1 aliphatic rings. The fourth-order valence-electron chi connectivity index (χ4n) is 1.49. The van der Waals surface area contributed by atoms with E-state index in [9.17, 15) is 9.59 Å². The van der Waals surface area contributed by atoms with Crippen molar-refractivity contribution in [1.82, 2.24) is 10.6 Å². The van der Waals surface area contributed by atoms with Crippen LogP contribution in [-0.2, 0) is 4.79 Å². The summed E-state index contributed by atoms with van der Waals surface area (Å²) >= 11 is 1.85. The van der Waals surface area contributed by atoms with Crippen LogP contribution in [0, 0.1) is 0 Å². The molecule has 0 bridgehead atoms. The zero-order valence-electron chi connectivity index (χ0n) is 9.20. The van der Waals surface area contributed by atoms with Gasteiger partial charge in [0.05, 0.1) is 0 Å². The second-order valence-electron chi connectivity index (χ2n) is 3.81. The molecule has 6 heteroatoms. The topological polar surface area (TPSA) is 78.4 Å². The molecule has 1 heterocycles. The van der Waals surface area contributed by atoms with Crippen molar-refractivity contribution < 1.29 is 14.7 Å². The molecule has 0 aromatic carbocycles. The van der Waals surface area contributed by atoms with Crippen molar-refractivity contribution >= 4 is 23.8 Å². The summed E-state index contributed by atoms with van der Waals surface area (Å²) in [6, 6.07) is 0.159. The van der Waals surface area contributed by atoms with Gasteiger partial charge in [-0.15, -0.1) is 0 Å². The Morgan fingerprint density at radius 2 is 2.19 bits per heavy atom. The molecule has 5 nitrogen and oxygen atoms in total. The van der Waals surface area contributed by atoms with Crippen molar-refractivity contribution in [2.24, 2.45) is 0 Å². The first kappa shape index (κ1) is 13.2. The van der Waals surface area contributed by atoms with E-state index in [1.54, 1.807) is 0 Å². The summed E-state index contributed by atoms with van der Waals surface area (Å²) in [7, 11) is 0. The van der Waals surface area contributed by atoms with Gasteiger partial charge in [-0.25, -0.2) is 4.79 Å². The van der Waals surface area contributed by atoms with E-state index in [1.165, 1.54) is 0 Å². The van der Waals surface area contributed by atoms with Gasteiger partial charge in [0.2, 0.25) is 0 Å². The molecule has 16 heavy (non-hydrogen) atoms. The molecule has 92 valence electrons. The largest absolute Gasteiger partial charge is 0.481 e. The minimum Gasteiger partial charge on any atom is -0.481 e. The Labute approximate surface area is 99.4 Å². The van der Waals surface area contributed by atoms with Crippen LogP contribution in [0.1, 0.15) is 25.7 Å². The van der Waals surface area contributed by atoms with Gasteiger partial charge in [0.25, 0.3) is 0 Å². The van der Waals surface area contributed by atoms with Crippen LogP contribution in [-0.4, -0.2) is 41.2 Å². The first-order chi connectivity index (χ1) is 7.68. The molecule has 0 spiro atoms. The number of urea groups is 1. The molecule has 2 amide bonds. The van der Waals surface area contributed by atoms with E-state index in [4.69, 9.17) is 5.11 Å². The Balaban J connectivity index is 1.95. The molecular formula is C10H18N2O3S. The molecule has 1 saturated heterocycles. The molecule has 1 aliphatic heterocycles. The molecule has 0 radical (unpaired) electrons. The third-order valence-corrected chi connectivity index (χ3v) is 3.53. The highest BCUT2D eigenvalue weighted by molar-refractivity contribution is 7.99. The van der Waals surface area contributed by atoms with Crippen molar-refractivity contribution in [2.75, 3.05) is 18.1 Å². The van der Waals surface area contributed by atoms with E-state index < -0.39 is 5.97 Å². The van der Waals surface area contributed by atoms with Crippen molar-refractivity contribution in [3.8, 4) is 0 Å². The molecule has 0 aliphatic carbocycles. The maximum atomic E-state index is 11.3. The van der Waals surface area contributed by atoms with E-state index in [0.29, 0.717) is 25.4 Å². The Kier molecular flexibility index (Phi) is 6.07. The van der Waals surface area contributed by atoms with Crippen molar-refractivity contribution in [3.63, 3.8) is 0 Å². The number of hydrogen-bond acceptors (Lipinski definition) is 3. The Bertz CT molecular complexity index is 242. The summed E-state index contributed by atoms with van der Waals surface area (Å²) in [4.78, 5) is 21.6. The summed E-state index contributed by atoms with van der Waals surface area (Å²) in [6.45, 7) is 0.541. The molecule has 0 aromatic heterocycles. The van der Waals surface area contributed by atoms with Gasteiger partial charge in [-0.05, 0) is 25.0 Å². The second kappa shape index (κ2) is 7.38. The Morgan fingerprint density at radius 1 is 1.38 bits per heavy atom. The van der Waals surface area contributed by atoms with Crippen LogP contribution in [0.2, 0.25) is 0 Å². The fraction of sp³-hybridized carbons (Fsp3) is 0.800. The van der Waals surface area contributed by atoms with E-state index in [1.807, 2.05) is 11.8 Å². The normalized spacial score (nSPS) is 19.4. The average molecular weight is 246 g/mol. The lowest BCUT2D eigenvalue weighted by molar-refractivity contribution is -0.137. The highest BCUT2D eigenvalue weighted by atomic mass is 32.2. The molecule has 3 N–H and O–H groups in total. The maximum Gasteiger partial charge on any atom is 0.315 e. The molecule has 1 rings (SSSR count). The number of amides is 2. The molecule has 0 aromatic rings. The van der Waals surface area contributed by atoms with Crippen LogP contribution in [0.4, 0.5) is 4.79 Å². The Hall–Kier alpha value is -0.910.